The zero-order valence-electron chi connectivity index (χ0n) is 12.4. The number of halogens is 2. The molecule has 1 saturated carbocycles. The second kappa shape index (κ2) is 6.19. The summed E-state index contributed by atoms with van der Waals surface area (Å²) in [7, 11) is 0. The molecule has 1 fully saturated rings. The van der Waals surface area contributed by atoms with Crippen LogP contribution in [0, 0.1) is 36.3 Å². The summed E-state index contributed by atoms with van der Waals surface area (Å²) in [6, 6.07) is 2.34. The van der Waals surface area contributed by atoms with Gasteiger partial charge in [-0.25, -0.2) is 8.78 Å². The van der Waals surface area contributed by atoms with Crippen LogP contribution in [0.2, 0.25) is 0 Å². The topological polar surface area (TPSA) is 38.0 Å². The lowest BCUT2D eigenvalue weighted by Gasteiger charge is -2.36. The summed E-state index contributed by atoms with van der Waals surface area (Å²) in [5, 5.41) is 0. The number of hydrazine groups is 1. The van der Waals surface area contributed by atoms with Gasteiger partial charge in [-0.2, -0.15) is 0 Å². The van der Waals surface area contributed by atoms with Gasteiger partial charge in [0.15, 0.2) is 0 Å². The van der Waals surface area contributed by atoms with Gasteiger partial charge < -0.3 is 0 Å². The number of hydrogen-bond acceptors (Lipinski definition) is 2. The van der Waals surface area contributed by atoms with Crippen LogP contribution in [0.5, 0.6) is 0 Å². The van der Waals surface area contributed by atoms with Crippen LogP contribution in [-0.2, 0) is 0 Å². The van der Waals surface area contributed by atoms with Gasteiger partial charge in [-0.15, -0.1) is 0 Å². The van der Waals surface area contributed by atoms with Crippen LogP contribution in [-0.4, -0.2) is 0 Å². The molecule has 0 radical (unpaired) electrons. The monoisotopic (exact) mass is 282 g/mol. The third-order valence-electron chi connectivity index (χ3n) is 4.92. The summed E-state index contributed by atoms with van der Waals surface area (Å²) in [5.41, 5.74) is 3.21. The lowest BCUT2D eigenvalue weighted by atomic mass is 9.72. The van der Waals surface area contributed by atoms with E-state index in [1.807, 2.05) is 0 Å². The minimum absolute atomic E-state index is 0.0965. The summed E-state index contributed by atoms with van der Waals surface area (Å²) >= 11 is 0. The number of nitrogens with two attached hydrogens (primary N) is 1. The zero-order valence-corrected chi connectivity index (χ0v) is 12.4. The van der Waals surface area contributed by atoms with Crippen LogP contribution in [0.4, 0.5) is 8.78 Å². The standard InChI is InChI=1S/C16H24F2N2/c1-9-4-6-12(8-11(9)3)16(20-19)14-13(17)7-5-10(2)15(14)18/h5,7,9,11-12,16,20H,4,6,8,19H2,1-3H3. The fourth-order valence-corrected chi connectivity index (χ4v) is 3.31. The van der Waals surface area contributed by atoms with E-state index in [0.29, 0.717) is 17.4 Å². The van der Waals surface area contributed by atoms with Crippen LogP contribution in [0.1, 0.15) is 50.3 Å². The Bertz CT molecular complexity index is 476. The van der Waals surface area contributed by atoms with Crippen molar-refractivity contribution >= 4 is 0 Å². The molecule has 2 nitrogen and oxygen atoms in total. The van der Waals surface area contributed by atoms with Gasteiger partial charge in [-0.1, -0.05) is 26.3 Å². The summed E-state index contributed by atoms with van der Waals surface area (Å²) in [4.78, 5) is 0. The van der Waals surface area contributed by atoms with Crippen LogP contribution in [0.3, 0.4) is 0 Å². The Hall–Kier alpha value is -1.00. The Labute approximate surface area is 119 Å². The van der Waals surface area contributed by atoms with E-state index >= 15 is 0 Å². The predicted octanol–water partition coefficient (Wildman–Crippen LogP) is 3.85. The second-order valence-corrected chi connectivity index (χ2v) is 6.26. The molecule has 1 aromatic rings. The Kier molecular flexibility index (Phi) is 4.76. The SMILES string of the molecule is Cc1ccc(F)c(C(NN)C2CCC(C)C(C)C2)c1F. The van der Waals surface area contributed by atoms with Gasteiger partial charge in [-0.05, 0) is 49.1 Å². The molecular weight excluding hydrogens is 258 g/mol. The highest BCUT2D eigenvalue weighted by Crippen LogP contribution is 2.41. The Morgan fingerprint density at radius 2 is 1.90 bits per heavy atom. The minimum atomic E-state index is -0.512. The van der Waals surface area contributed by atoms with Crippen LogP contribution in [0.15, 0.2) is 12.1 Å². The molecule has 0 spiro atoms. The quantitative estimate of drug-likeness (QED) is 0.653. The number of rotatable bonds is 3. The van der Waals surface area contributed by atoms with Gasteiger partial charge in [0.25, 0.3) is 0 Å². The van der Waals surface area contributed by atoms with Gasteiger partial charge in [0, 0.05) is 5.56 Å². The molecule has 0 aliphatic heterocycles. The van der Waals surface area contributed by atoms with E-state index in [-0.39, 0.29) is 11.5 Å². The molecule has 4 heteroatoms. The fourth-order valence-electron chi connectivity index (χ4n) is 3.31. The smallest absolute Gasteiger partial charge is 0.133 e. The van der Waals surface area contributed by atoms with Crippen LogP contribution in [0.25, 0.3) is 0 Å². The molecule has 3 N–H and O–H groups in total. The van der Waals surface area contributed by atoms with Gasteiger partial charge in [0.2, 0.25) is 0 Å². The first-order chi connectivity index (χ1) is 9.45. The van der Waals surface area contributed by atoms with E-state index in [1.54, 1.807) is 6.92 Å². The van der Waals surface area contributed by atoms with Gasteiger partial charge in [0.1, 0.15) is 11.6 Å². The van der Waals surface area contributed by atoms with Crippen molar-refractivity contribution in [1.82, 2.24) is 5.43 Å². The molecular formula is C16H24F2N2. The highest BCUT2D eigenvalue weighted by Gasteiger charge is 2.33. The fraction of sp³-hybridized carbons (Fsp3) is 0.625. The number of aryl methyl sites for hydroxylation is 1. The molecule has 0 aromatic heterocycles. The lowest BCUT2D eigenvalue weighted by molar-refractivity contribution is 0.167. The maximum absolute atomic E-state index is 14.3. The van der Waals surface area contributed by atoms with Gasteiger partial charge in [0.05, 0.1) is 6.04 Å². The molecule has 0 saturated heterocycles. The van der Waals surface area contributed by atoms with Crippen LogP contribution >= 0.6 is 0 Å². The third-order valence-corrected chi connectivity index (χ3v) is 4.92. The molecule has 0 bridgehead atoms. The maximum Gasteiger partial charge on any atom is 0.133 e. The highest BCUT2D eigenvalue weighted by atomic mass is 19.1. The van der Waals surface area contributed by atoms with Crippen molar-refractivity contribution in [3.05, 3.63) is 34.9 Å². The normalized spacial score (nSPS) is 28.4. The summed E-state index contributed by atoms with van der Waals surface area (Å²) < 4.78 is 28.4. The summed E-state index contributed by atoms with van der Waals surface area (Å²) in [5.74, 6) is 6.03. The summed E-state index contributed by atoms with van der Waals surface area (Å²) in [6.07, 6.45) is 2.98. The van der Waals surface area contributed by atoms with Gasteiger partial charge >= 0.3 is 0 Å². The molecule has 0 amide bonds. The molecule has 20 heavy (non-hydrogen) atoms. The molecule has 4 unspecified atom stereocenters. The number of hydrogen-bond donors (Lipinski definition) is 2. The molecule has 1 aliphatic carbocycles. The van der Waals surface area contributed by atoms with Crippen molar-refractivity contribution in [2.45, 2.75) is 46.1 Å². The van der Waals surface area contributed by atoms with E-state index < -0.39 is 17.7 Å². The minimum Gasteiger partial charge on any atom is -0.271 e. The second-order valence-electron chi connectivity index (χ2n) is 6.26. The Balaban J connectivity index is 2.31. The zero-order chi connectivity index (χ0) is 14.9. The first kappa shape index (κ1) is 15.4. The molecule has 0 heterocycles. The predicted molar refractivity (Wildman–Crippen MR) is 76.8 cm³/mol. The number of nitrogens with one attached hydrogen (secondary N) is 1. The molecule has 2 rings (SSSR count). The largest absolute Gasteiger partial charge is 0.271 e. The van der Waals surface area contributed by atoms with E-state index in [2.05, 4.69) is 19.3 Å². The van der Waals surface area contributed by atoms with Crippen molar-refractivity contribution in [1.29, 1.82) is 0 Å². The Morgan fingerprint density at radius 3 is 2.50 bits per heavy atom. The molecule has 4 atom stereocenters. The van der Waals surface area contributed by atoms with Crippen molar-refractivity contribution < 1.29 is 8.78 Å². The average Bonchev–Trinajstić information content (AvgIpc) is 2.42. The molecule has 1 aliphatic rings. The number of benzene rings is 1. The van der Waals surface area contributed by atoms with E-state index in [4.69, 9.17) is 5.84 Å². The maximum atomic E-state index is 14.3. The first-order valence-electron chi connectivity index (χ1n) is 7.36. The van der Waals surface area contributed by atoms with Crippen molar-refractivity contribution in [2.75, 3.05) is 0 Å². The summed E-state index contributed by atoms with van der Waals surface area (Å²) in [6.45, 7) is 6.09. The molecule has 112 valence electrons. The van der Waals surface area contributed by atoms with Crippen molar-refractivity contribution in [3.8, 4) is 0 Å². The van der Waals surface area contributed by atoms with E-state index in [1.165, 1.54) is 12.1 Å². The average molecular weight is 282 g/mol. The highest BCUT2D eigenvalue weighted by molar-refractivity contribution is 5.29. The Morgan fingerprint density at radius 1 is 1.20 bits per heavy atom. The third kappa shape index (κ3) is 2.86. The lowest BCUT2D eigenvalue weighted by Crippen LogP contribution is -2.38. The molecule has 1 aromatic carbocycles. The first-order valence-corrected chi connectivity index (χ1v) is 7.36. The van der Waals surface area contributed by atoms with Gasteiger partial charge in [-0.3, -0.25) is 11.3 Å². The van der Waals surface area contributed by atoms with Crippen molar-refractivity contribution in [3.63, 3.8) is 0 Å². The van der Waals surface area contributed by atoms with E-state index in [9.17, 15) is 8.78 Å². The van der Waals surface area contributed by atoms with Crippen molar-refractivity contribution in [2.24, 2.45) is 23.6 Å². The van der Waals surface area contributed by atoms with Crippen LogP contribution < -0.4 is 11.3 Å². The van der Waals surface area contributed by atoms with E-state index in [0.717, 1.165) is 19.3 Å².